The molecule has 150 valence electrons. The third-order valence-electron chi connectivity index (χ3n) is 5.44. The number of halogens is 1. The molecule has 0 atom stereocenters. The molecule has 0 amide bonds. The van der Waals surface area contributed by atoms with Gasteiger partial charge < -0.3 is 10.6 Å². The maximum absolute atomic E-state index is 13.1. The lowest BCUT2D eigenvalue weighted by molar-refractivity contribution is 0.380. The highest BCUT2D eigenvalue weighted by Crippen LogP contribution is 2.32. The molecule has 1 fully saturated rings. The topological polar surface area (TPSA) is 87.2 Å². The third kappa shape index (κ3) is 3.61. The molecule has 0 unspecified atom stereocenters. The third-order valence-corrected chi connectivity index (χ3v) is 7.79. The predicted octanol–water partition coefficient (Wildman–Crippen LogP) is 2.39. The van der Waals surface area contributed by atoms with Crippen molar-refractivity contribution in [2.45, 2.75) is 36.6 Å². The summed E-state index contributed by atoms with van der Waals surface area (Å²) in [7, 11) is -1.83. The highest BCUT2D eigenvalue weighted by atomic mass is 35.5. The summed E-state index contributed by atoms with van der Waals surface area (Å²) >= 11 is 6.16. The quantitative estimate of drug-likeness (QED) is 0.788. The van der Waals surface area contributed by atoms with Crippen LogP contribution in [0.1, 0.15) is 35.8 Å². The lowest BCUT2D eigenvalue weighted by atomic mass is 9.96. The van der Waals surface area contributed by atoms with E-state index in [-0.39, 0.29) is 16.5 Å². The minimum atomic E-state index is -3.68. The molecule has 28 heavy (non-hydrogen) atoms. The zero-order chi connectivity index (χ0) is 19.7. The summed E-state index contributed by atoms with van der Waals surface area (Å²) in [6.07, 6.45) is 2.55. The molecule has 0 spiro atoms. The van der Waals surface area contributed by atoms with Crippen LogP contribution in [-0.2, 0) is 23.0 Å². The molecule has 2 N–H and O–H groups in total. The molecule has 9 heteroatoms. The van der Waals surface area contributed by atoms with E-state index in [1.54, 1.807) is 24.3 Å². The number of aromatic nitrogens is 2. The number of anilines is 1. The fourth-order valence-electron chi connectivity index (χ4n) is 3.89. The molecule has 0 radical (unpaired) electrons. The number of fused-ring (bicyclic) bond motifs is 1. The lowest BCUT2D eigenvalue weighted by Gasteiger charge is -2.30. The molecule has 1 aromatic heterocycles. The van der Waals surface area contributed by atoms with Crippen molar-refractivity contribution in [1.29, 1.82) is 0 Å². The molecule has 7 nitrogen and oxygen atoms in total. The molecule has 2 aromatic rings. The van der Waals surface area contributed by atoms with Crippen LogP contribution in [0.3, 0.4) is 0 Å². The largest absolute Gasteiger partial charge is 0.373 e. The van der Waals surface area contributed by atoms with Gasteiger partial charge >= 0.3 is 0 Å². The van der Waals surface area contributed by atoms with Gasteiger partial charge in [0.05, 0.1) is 17.3 Å². The Balaban J connectivity index is 1.68. The summed E-state index contributed by atoms with van der Waals surface area (Å²) in [4.78, 5) is 9.70. The van der Waals surface area contributed by atoms with E-state index in [1.165, 1.54) is 4.31 Å². The summed E-state index contributed by atoms with van der Waals surface area (Å²) < 4.78 is 27.7. The van der Waals surface area contributed by atoms with E-state index in [9.17, 15) is 8.42 Å². The molecule has 1 saturated heterocycles. The standard InChI is InChI=1S/C19H24ClN5O2S/c1-21-19-14-8-11-25(28(26,27)17-5-3-2-4-15(17)20)12-16(14)23-18(24-19)13-6-9-22-10-7-13/h2-5,13,22H,6-12H2,1H3,(H,21,23,24). The maximum atomic E-state index is 13.1. The second-order valence-corrected chi connectivity index (χ2v) is 9.46. The number of hydrogen-bond donors (Lipinski definition) is 2. The fraction of sp³-hybridized carbons (Fsp3) is 0.474. The Kier molecular flexibility index (Phi) is 5.55. The Hall–Kier alpha value is -1.74. The Morgan fingerprint density at radius 3 is 2.68 bits per heavy atom. The van der Waals surface area contributed by atoms with Gasteiger partial charge in [-0.25, -0.2) is 18.4 Å². The zero-order valence-electron chi connectivity index (χ0n) is 15.8. The average molecular weight is 422 g/mol. The fourth-order valence-corrected chi connectivity index (χ4v) is 5.79. The molecule has 3 heterocycles. The SMILES string of the molecule is CNc1nc(C2CCNCC2)nc2c1CCN(S(=O)(=O)c1ccccc1Cl)C2. The Morgan fingerprint density at radius 2 is 1.96 bits per heavy atom. The van der Waals surface area contributed by atoms with Gasteiger partial charge in [-0.15, -0.1) is 0 Å². The molecule has 0 saturated carbocycles. The van der Waals surface area contributed by atoms with Crippen LogP contribution in [0.2, 0.25) is 5.02 Å². The molecule has 4 rings (SSSR count). The minimum Gasteiger partial charge on any atom is -0.373 e. The van der Waals surface area contributed by atoms with E-state index in [0.717, 1.165) is 48.8 Å². The number of benzene rings is 1. The van der Waals surface area contributed by atoms with Gasteiger partial charge in [0, 0.05) is 25.1 Å². The van der Waals surface area contributed by atoms with Gasteiger partial charge in [-0.1, -0.05) is 23.7 Å². The van der Waals surface area contributed by atoms with Gasteiger partial charge in [0.25, 0.3) is 0 Å². The van der Waals surface area contributed by atoms with Crippen molar-refractivity contribution in [3.8, 4) is 0 Å². The predicted molar refractivity (Wildman–Crippen MR) is 109 cm³/mol. The summed E-state index contributed by atoms with van der Waals surface area (Å²) in [6.45, 7) is 2.52. The smallest absolute Gasteiger partial charge is 0.244 e. The van der Waals surface area contributed by atoms with Crippen molar-refractivity contribution in [1.82, 2.24) is 19.6 Å². The number of hydrogen-bond acceptors (Lipinski definition) is 6. The van der Waals surface area contributed by atoms with Crippen LogP contribution in [0.15, 0.2) is 29.2 Å². The van der Waals surface area contributed by atoms with Crippen LogP contribution in [0.4, 0.5) is 5.82 Å². The normalized spacial score (nSPS) is 18.6. The first-order valence-electron chi connectivity index (χ1n) is 9.53. The number of piperidine rings is 1. The summed E-state index contributed by atoms with van der Waals surface area (Å²) in [6, 6.07) is 6.56. The monoisotopic (exact) mass is 421 g/mol. The maximum Gasteiger partial charge on any atom is 0.244 e. The van der Waals surface area contributed by atoms with Crippen LogP contribution < -0.4 is 10.6 Å². The average Bonchev–Trinajstić information content (AvgIpc) is 2.73. The van der Waals surface area contributed by atoms with E-state index < -0.39 is 10.0 Å². The van der Waals surface area contributed by atoms with Gasteiger partial charge in [-0.05, 0) is 44.5 Å². The van der Waals surface area contributed by atoms with Gasteiger partial charge in [-0.3, -0.25) is 0 Å². The minimum absolute atomic E-state index is 0.140. The van der Waals surface area contributed by atoms with Crippen molar-refractivity contribution in [3.63, 3.8) is 0 Å². The van der Waals surface area contributed by atoms with Crippen LogP contribution in [0.5, 0.6) is 0 Å². The van der Waals surface area contributed by atoms with Gasteiger partial charge in [0.15, 0.2) is 0 Å². The molecule has 0 aliphatic carbocycles. The van der Waals surface area contributed by atoms with Crippen LogP contribution in [-0.4, -0.2) is 49.4 Å². The van der Waals surface area contributed by atoms with Crippen LogP contribution in [0.25, 0.3) is 0 Å². The summed E-state index contributed by atoms with van der Waals surface area (Å²) in [5.74, 6) is 1.92. The molecule has 2 aliphatic heterocycles. The van der Waals surface area contributed by atoms with E-state index in [1.807, 2.05) is 7.05 Å². The van der Waals surface area contributed by atoms with Crippen LogP contribution >= 0.6 is 11.6 Å². The molecule has 2 aliphatic rings. The van der Waals surface area contributed by atoms with E-state index in [4.69, 9.17) is 21.6 Å². The molecular formula is C19H24ClN5O2S. The lowest BCUT2D eigenvalue weighted by Crippen LogP contribution is -2.37. The van der Waals surface area contributed by atoms with Crippen molar-refractivity contribution in [2.24, 2.45) is 0 Å². The molecule has 0 bridgehead atoms. The van der Waals surface area contributed by atoms with Gasteiger partial charge in [0.2, 0.25) is 10.0 Å². The zero-order valence-corrected chi connectivity index (χ0v) is 17.4. The van der Waals surface area contributed by atoms with E-state index in [0.29, 0.717) is 18.9 Å². The van der Waals surface area contributed by atoms with Crippen molar-refractivity contribution in [2.75, 3.05) is 32.0 Å². The Morgan fingerprint density at radius 1 is 1.21 bits per heavy atom. The first-order valence-corrected chi connectivity index (χ1v) is 11.4. The number of sulfonamides is 1. The van der Waals surface area contributed by atoms with Gasteiger partial charge in [-0.2, -0.15) is 4.31 Å². The first-order chi connectivity index (χ1) is 13.5. The van der Waals surface area contributed by atoms with E-state index >= 15 is 0 Å². The van der Waals surface area contributed by atoms with Crippen molar-refractivity contribution in [3.05, 3.63) is 46.4 Å². The number of nitrogens with one attached hydrogen (secondary N) is 2. The van der Waals surface area contributed by atoms with Gasteiger partial charge in [0.1, 0.15) is 16.5 Å². The molecular weight excluding hydrogens is 398 g/mol. The highest BCUT2D eigenvalue weighted by Gasteiger charge is 2.32. The van der Waals surface area contributed by atoms with Crippen LogP contribution in [0, 0.1) is 0 Å². The number of nitrogens with zero attached hydrogens (tertiary/aromatic N) is 3. The second kappa shape index (κ2) is 7.94. The van der Waals surface area contributed by atoms with E-state index in [2.05, 4.69) is 10.6 Å². The number of rotatable bonds is 4. The summed E-state index contributed by atoms with van der Waals surface area (Å²) in [5, 5.41) is 6.77. The Bertz CT molecular complexity index is 976. The Labute approximate surface area is 170 Å². The van der Waals surface area contributed by atoms with Crippen molar-refractivity contribution < 1.29 is 8.42 Å². The molecule has 1 aromatic carbocycles. The summed E-state index contributed by atoms with van der Waals surface area (Å²) in [5.41, 5.74) is 1.79. The second-order valence-electron chi connectivity index (χ2n) is 7.15. The highest BCUT2D eigenvalue weighted by molar-refractivity contribution is 7.89. The first kappa shape index (κ1) is 19.6. The van der Waals surface area contributed by atoms with Crippen molar-refractivity contribution >= 4 is 27.4 Å².